The normalized spacial score (nSPS) is 10.6. The van der Waals surface area contributed by atoms with Gasteiger partial charge in [-0.2, -0.15) is 0 Å². The third-order valence-electron chi connectivity index (χ3n) is 4.66. The van der Waals surface area contributed by atoms with Crippen LogP contribution in [0.2, 0.25) is 0 Å². The smallest absolute Gasteiger partial charge is 0.344 e. The van der Waals surface area contributed by atoms with Gasteiger partial charge in [0.2, 0.25) is 5.78 Å². The number of carbonyl (C=O) groups excluding carboxylic acids is 3. The van der Waals surface area contributed by atoms with E-state index in [1.54, 1.807) is 26.8 Å². The SMILES string of the molecule is CCOC(=O)c1c(C)[nH]c(C(=O)COC(=O)COc2cccc3ccccc23)c1C. The predicted octanol–water partition coefficient (Wildman–Crippen LogP) is 3.77. The minimum atomic E-state index is -0.664. The molecule has 7 nitrogen and oxygen atoms in total. The molecule has 0 amide bonds. The maximum atomic E-state index is 12.5. The monoisotopic (exact) mass is 409 g/mol. The highest BCUT2D eigenvalue weighted by Crippen LogP contribution is 2.25. The minimum absolute atomic E-state index is 0.221. The number of aromatic amines is 1. The highest BCUT2D eigenvalue weighted by atomic mass is 16.6. The molecule has 156 valence electrons. The van der Waals surface area contributed by atoms with Crippen molar-refractivity contribution >= 4 is 28.5 Å². The Kier molecular flexibility index (Phi) is 6.51. The maximum Gasteiger partial charge on any atom is 0.344 e. The van der Waals surface area contributed by atoms with Crippen molar-refractivity contribution in [2.45, 2.75) is 20.8 Å². The molecule has 7 heteroatoms. The predicted molar refractivity (Wildman–Crippen MR) is 111 cm³/mol. The summed E-state index contributed by atoms with van der Waals surface area (Å²) in [5.74, 6) is -1.04. The minimum Gasteiger partial charge on any atom is -0.481 e. The van der Waals surface area contributed by atoms with E-state index < -0.39 is 24.3 Å². The van der Waals surface area contributed by atoms with Crippen LogP contribution in [-0.2, 0) is 14.3 Å². The van der Waals surface area contributed by atoms with E-state index in [1.165, 1.54) is 0 Å². The van der Waals surface area contributed by atoms with Crippen LogP contribution in [0.4, 0.5) is 0 Å². The fourth-order valence-corrected chi connectivity index (χ4v) is 3.26. The van der Waals surface area contributed by atoms with Crippen molar-refractivity contribution in [3.05, 3.63) is 65.0 Å². The van der Waals surface area contributed by atoms with Crippen LogP contribution in [-0.4, -0.2) is 42.5 Å². The van der Waals surface area contributed by atoms with E-state index in [0.29, 0.717) is 22.6 Å². The largest absolute Gasteiger partial charge is 0.481 e. The van der Waals surface area contributed by atoms with Gasteiger partial charge in [-0.05, 0) is 37.8 Å². The van der Waals surface area contributed by atoms with E-state index >= 15 is 0 Å². The van der Waals surface area contributed by atoms with Crippen LogP contribution < -0.4 is 4.74 Å². The van der Waals surface area contributed by atoms with Crippen molar-refractivity contribution < 1.29 is 28.6 Å². The molecule has 2 aromatic carbocycles. The first-order valence-electron chi connectivity index (χ1n) is 9.58. The van der Waals surface area contributed by atoms with Crippen LogP contribution in [0.5, 0.6) is 5.75 Å². The first-order chi connectivity index (χ1) is 14.4. The van der Waals surface area contributed by atoms with Crippen molar-refractivity contribution in [3.63, 3.8) is 0 Å². The molecule has 1 aromatic heterocycles. The van der Waals surface area contributed by atoms with E-state index in [9.17, 15) is 14.4 Å². The number of nitrogens with one attached hydrogen (secondary N) is 1. The summed E-state index contributed by atoms with van der Waals surface area (Å²) < 4.78 is 15.6. The summed E-state index contributed by atoms with van der Waals surface area (Å²) in [6, 6.07) is 13.2. The van der Waals surface area contributed by atoms with Crippen LogP contribution in [0.3, 0.4) is 0 Å². The molecule has 3 aromatic rings. The van der Waals surface area contributed by atoms with E-state index in [4.69, 9.17) is 14.2 Å². The molecule has 0 radical (unpaired) electrons. The van der Waals surface area contributed by atoms with E-state index in [-0.39, 0.29) is 18.9 Å². The zero-order valence-corrected chi connectivity index (χ0v) is 17.1. The summed E-state index contributed by atoms with van der Waals surface area (Å²) in [5.41, 5.74) is 1.54. The zero-order chi connectivity index (χ0) is 21.7. The highest BCUT2D eigenvalue weighted by Gasteiger charge is 2.23. The van der Waals surface area contributed by atoms with Gasteiger partial charge in [-0.25, -0.2) is 9.59 Å². The van der Waals surface area contributed by atoms with Crippen molar-refractivity contribution in [3.8, 4) is 5.75 Å². The number of Topliss-reactive ketones (excluding diaryl/α,β-unsaturated/α-hetero) is 1. The Morgan fingerprint density at radius 1 is 0.933 bits per heavy atom. The van der Waals surface area contributed by atoms with Crippen LogP contribution in [0, 0.1) is 13.8 Å². The first-order valence-corrected chi connectivity index (χ1v) is 9.58. The highest BCUT2D eigenvalue weighted by molar-refractivity contribution is 6.02. The first kappa shape index (κ1) is 21.1. The molecule has 0 spiro atoms. The van der Waals surface area contributed by atoms with Gasteiger partial charge in [0, 0.05) is 11.1 Å². The second-order valence-corrected chi connectivity index (χ2v) is 6.70. The lowest BCUT2D eigenvalue weighted by Crippen LogP contribution is -2.20. The number of aryl methyl sites for hydroxylation is 1. The standard InChI is InChI=1S/C23H23NO6/c1-4-28-23(27)21-14(2)22(24-15(21)3)18(25)12-30-20(26)13-29-19-11-7-9-16-8-5-6-10-17(16)19/h5-11,24H,4,12-13H2,1-3H3. The Hall–Kier alpha value is -3.61. The lowest BCUT2D eigenvalue weighted by molar-refractivity contribution is -0.144. The molecule has 0 aliphatic heterocycles. The molecule has 1 N–H and O–H groups in total. The van der Waals surface area contributed by atoms with Crippen LogP contribution >= 0.6 is 0 Å². The molecule has 1 heterocycles. The van der Waals surface area contributed by atoms with Crippen molar-refractivity contribution in [2.75, 3.05) is 19.8 Å². The Labute approximate surface area is 173 Å². The number of carbonyl (C=O) groups is 3. The van der Waals surface area contributed by atoms with Gasteiger partial charge < -0.3 is 19.2 Å². The fourth-order valence-electron chi connectivity index (χ4n) is 3.26. The summed E-state index contributed by atoms with van der Waals surface area (Å²) in [4.78, 5) is 39.4. The topological polar surface area (TPSA) is 94.7 Å². The number of rotatable bonds is 8. The number of aromatic nitrogens is 1. The molecule has 0 aliphatic rings. The molecule has 30 heavy (non-hydrogen) atoms. The molecular formula is C23H23NO6. The van der Waals surface area contributed by atoms with Gasteiger partial charge in [0.15, 0.2) is 13.2 Å². The summed E-state index contributed by atoms with van der Waals surface area (Å²) in [5, 5.41) is 1.88. The number of ketones is 1. The number of hydrogen-bond donors (Lipinski definition) is 1. The molecule has 0 saturated heterocycles. The van der Waals surface area contributed by atoms with Crippen LogP contribution in [0.25, 0.3) is 10.8 Å². The second kappa shape index (κ2) is 9.26. The van der Waals surface area contributed by atoms with Crippen LogP contribution in [0.15, 0.2) is 42.5 Å². The summed E-state index contributed by atoms with van der Waals surface area (Å²) in [7, 11) is 0. The number of esters is 2. The fraction of sp³-hybridized carbons (Fsp3) is 0.261. The third kappa shape index (κ3) is 4.51. The number of hydrogen-bond acceptors (Lipinski definition) is 6. The number of ether oxygens (including phenoxy) is 3. The Balaban J connectivity index is 1.59. The molecule has 0 atom stereocenters. The van der Waals surface area contributed by atoms with E-state index in [0.717, 1.165) is 10.8 Å². The zero-order valence-electron chi connectivity index (χ0n) is 17.1. The van der Waals surface area contributed by atoms with Crippen molar-refractivity contribution in [2.24, 2.45) is 0 Å². The number of fused-ring (bicyclic) bond motifs is 1. The molecule has 0 unspecified atom stereocenters. The Morgan fingerprint density at radius 2 is 1.67 bits per heavy atom. The quantitative estimate of drug-likeness (QED) is 0.450. The average molecular weight is 409 g/mol. The average Bonchev–Trinajstić information content (AvgIpc) is 3.04. The van der Waals surface area contributed by atoms with Crippen LogP contribution in [0.1, 0.15) is 39.0 Å². The van der Waals surface area contributed by atoms with Gasteiger partial charge in [-0.1, -0.05) is 36.4 Å². The summed E-state index contributed by atoms with van der Waals surface area (Å²) >= 11 is 0. The molecular weight excluding hydrogens is 386 g/mol. The van der Waals surface area contributed by atoms with Gasteiger partial charge in [-0.15, -0.1) is 0 Å². The molecule has 0 fully saturated rings. The lowest BCUT2D eigenvalue weighted by Gasteiger charge is -2.09. The maximum absolute atomic E-state index is 12.5. The molecule has 0 aliphatic carbocycles. The van der Waals surface area contributed by atoms with Gasteiger partial charge >= 0.3 is 11.9 Å². The van der Waals surface area contributed by atoms with Crippen molar-refractivity contribution in [1.82, 2.24) is 4.98 Å². The third-order valence-corrected chi connectivity index (χ3v) is 4.66. The summed E-state index contributed by atoms with van der Waals surface area (Å²) in [6.45, 7) is 4.49. The van der Waals surface area contributed by atoms with Gasteiger partial charge in [0.1, 0.15) is 5.75 Å². The number of benzene rings is 2. The lowest BCUT2D eigenvalue weighted by atomic mass is 10.1. The molecule has 0 bridgehead atoms. The van der Waals surface area contributed by atoms with Gasteiger partial charge in [0.05, 0.1) is 17.9 Å². The van der Waals surface area contributed by atoms with Gasteiger partial charge in [-0.3, -0.25) is 4.79 Å². The van der Waals surface area contributed by atoms with Gasteiger partial charge in [0.25, 0.3) is 0 Å². The second-order valence-electron chi connectivity index (χ2n) is 6.70. The molecule has 3 rings (SSSR count). The number of H-pyrrole nitrogens is 1. The molecule has 0 saturated carbocycles. The van der Waals surface area contributed by atoms with Crippen molar-refractivity contribution in [1.29, 1.82) is 0 Å². The summed E-state index contributed by atoms with van der Waals surface area (Å²) in [6.07, 6.45) is 0. The Bertz CT molecular complexity index is 1090. The Morgan fingerprint density at radius 3 is 2.43 bits per heavy atom. The van der Waals surface area contributed by atoms with E-state index in [1.807, 2.05) is 36.4 Å². The van der Waals surface area contributed by atoms with E-state index in [2.05, 4.69) is 4.98 Å².